The van der Waals surface area contributed by atoms with Crippen LogP contribution in [0.5, 0.6) is 0 Å². The van der Waals surface area contributed by atoms with E-state index in [1.165, 1.54) is 0 Å². The average Bonchev–Trinajstić information content (AvgIpc) is 1.83. The summed E-state index contributed by atoms with van der Waals surface area (Å²) in [6, 6.07) is 0. The second-order valence-corrected chi connectivity index (χ2v) is 3.87. The smallest absolute Gasteiger partial charge is 0.266 e. The van der Waals surface area contributed by atoms with Crippen molar-refractivity contribution in [3.63, 3.8) is 0 Å². The normalized spacial score (nSPS) is 14.8. The third-order valence-corrected chi connectivity index (χ3v) is 1.74. The summed E-state index contributed by atoms with van der Waals surface area (Å²) in [4.78, 5) is 0. The van der Waals surface area contributed by atoms with E-state index in [4.69, 9.17) is 14.9 Å². The molecular formula is C9H20O3. The van der Waals surface area contributed by atoms with E-state index in [2.05, 4.69) is 13.8 Å². The summed E-state index contributed by atoms with van der Waals surface area (Å²) in [5.41, 5.74) is 0. The van der Waals surface area contributed by atoms with Crippen LogP contribution in [0.3, 0.4) is 0 Å². The molecule has 0 bridgehead atoms. The van der Waals surface area contributed by atoms with Crippen LogP contribution in [0.1, 0.15) is 34.1 Å². The number of rotatable bonds is 5. The van der Waals surface area contributed by atoms with E-state index in [0.29, 0.717) is 11.8 Å². The summed E-state index contributed by atoms with van der Waals surface area (Å²) in [6.07, 6.45) is 0.792. The lowest BCUT2D eigenvalue weighted by molar-refractivity contribution is -0.264. The number of hydrogen-bond donors (Lipinski definition) is 2. The molecule has 12 heavy (non-hydrogen) atoms. The van der Waals surface area contributed by atoms with Gasteiger partial charge in [0.2, 0.25) is 0 Å². The van der Waals surface area contributed by atoms with Crippen molar-refractivity contribution in [2.45, 2.75) is 46.7 Å². The molecule has 0 radical (unpaired) electrons. The quantitative estimate of drug-likeness (QED) is 0.621. The van der Waals surface area contributed by atoms with Crippen molar-refractivity contribution in [2.24, 2.45) is 11.8 Å². The zero-order valence-electron chi connectivity index (χ0n) is 8.32. The number of hydrogen-bond acceptors (Lipinski definition) is 3. The van der Waals surface area contributed by atoms with Crippen molar-refractivity contribution < 1.29 is 14.9 Å². The van der Waals surface area contributed by atoms with Gasteiger partial charge in [-0.05, 0) is 18.3 Å². The summed E-state index contributed by atoms with van der Waals surface area (Å²) >= 11 is 0. The lowest BCUT2D eigenvalue weighted by Gasteiger charge is -2.23. The highest BCUT2D eigenvalue weighted by Crippen LogP contribution is 2.16. The second-order valence-electron chi connectivity index (χ2n) is 3.87. The van der Waals surface area contributed by atoms with E-state index in [1.54, 1.807) is 0 Å². The van der Waals surface area contributed by atoms with Gasteiger partial charge in [0, 0.05) is 0 Å². The van der Waals surface area contributed by atoms with E-state index in [0.717, 1.165) is 6.42 Å². The van der Waals surface area contributed by atoms with Gasteiger partial charge >= 0.3 is 0 Å². The van der Waals surface area contributed by atoms with E-state index >= 15 is 0 Å². The molecule has 0 aliphatic rings. The fraction of sp³-hybridized carbons (Fsp3) is 1.00. The second kappa shape index (κ2) is 5.51. The third kappa shape index (κ3) is 5.52. The average molecular weight is 176 g/mol. The van der Waals surface area contributed by atoms with Gasteiger partial charge in [0.15, 0.2) is 0 Å². The highest BCUT2D eigenvalue weighted by Gasteiger charge is 2.17. The highest BCUT2D eigenvalue weighted by atomic mass is 16.7. The fourth-order valence-corrected chi connectivity index (χ4v) is 1.11. The Kier molecular flexibility index (Phi) is 5.46. The Labute approximate surface area is 74.4 Å². The molecule has 0 rings (SSSR count). The molecule has 3 nitrogen and oxygen atoms in total. The van der Waals surface area contributed by atoms with Crippen molar-refractivity contribution in [3.05, 3.63) is 0 Å². The van der Waals surface area contributed by atoms with Gasteiger partial charge in [-0.15, -0.1) is 0 Å². The Morgan fingerprint density at radius 2 is 1.58 bits per heavy atom. The Morgan fingerprint density at radius 1 is 1.08 bits per heavy atom. The zero-order valence-corrected chi connectivity index (χ0v) is 8.32. The first kappa shape index (κ1) is 11.9. The van der Waals surface area contributed by atoms with Gasteiger partial charge < -0.3 is 14.9 Å². The molecule has 0 saturated heterocycles. The molecule has 0 aliphatic heterocycles. The van der Waals surface area contributed by atoms with Crippen molar-refractivity contribution in [1.82, 2.24) is 0 Å². The topological polar surface area (TPSA) is 49.7 Å². The summed E-state index contributed by atoms with van der Waals surface area (Å²) in [6.45, 7) is 6.55. The van der Waals surface area contributed by atoms with Gasteiger partial charge in [0.25, 0.3) is 6.48 Å². The van der Waals surface area contributed by atoms with Gasteiger partial charge in [-0.1, -0.05) is 27.7 Å². The zero-order chi connectivity index (χ0) is 9.72. The molecule has 0 aliphatic carbocycles. The Balaban J connectivity index is 3.87. The van der Waals surface area contributed by atoms with Crippen molar-refractivity contribution in [3.8, 4) is 0 Å². The van der Waals surface area contributed by atoms with Crippen LogP contribution < -0.4 is 0 Å². The van der Waals surface area contributed by atoms with Gasteiger partial charge in [-0.2, -0.15) is 0 Å². The standard InChI is InChI=1S/C9H20O3/c1-6(2)5-8(7(3)4)12-9(10)11/h6-11H,5H2,1-4H3. The Morgan fingerprint density at radius 3 is 1.83 bits per heavy atom. The molecule has 2 N–H and O–H groups in total. The van der Waals surface area contributed by atoms with Gasteiger partial charge in [-0.25, -0.2) is 0 Å². The third-order valence-electron chi connectivity index (χ3n) is 1.74. The molecular weight excluding hydrogens is 156 g/mol. The summed E-state index contributed by atoms with van der Waals surface area (Å²) < 4.78 is 4.93. The van der Waals surface area contributed by atoms with Gasteiger partial charge in [0.05, 0.1) is 6.10 Å². The van der Waals surface area contributed by atoms with Crippen molar-refractivity contribution >= 4 is 0 Å². The van der Waals surface area contributed by atoms with E-state index in [1.807, 2.05) is 13.8 Å². The minimum Gasteiger partial charge on any atom is -0.346 e. The molecule has 0 heterocycles. The first-order valence-corrected chi connectivity index (χ1v) is 4.45. The number of aliphatic hydroxyl groups excluding tert-OH is 1. The number of ether oxygens (including phenoxy) is 1. The molecule has 0 spiro atoms. The van der Waals surface area contributed by atoms with Crippen molar-refractivity contribution in [2.75, 3.05) is 0 Å². The van der Waals surface area contributed by atoms with E-state index < -0.39 is 6.48 Å². The van der Waals surface area contributed by atoms with Crippen LogP contribution in [-0.2, 0) is 4.74 Å². The molecule has 1 atom stereocenters. The molecule has 0 aromatic heterocycles. The monoisotopic (exact) mass is 176 g/mol. The van der Waals surface area contributed by atoms with E-state index in [-0.39, 0.29) is 6.10 Å². The van der Waals surface area contributed by atoms with E-state index in [9.17, 15) is 0 Å². The van der Waals surface area contributed by atoms with Crippen LogP contribution in [0.4, 0.5) is 0 Å². The summed E-state index contributed by atoms with van der Waals surface area (Å²) in [5, 5.41) is 17.2. The Hall–Kier alpha value is -0.120. The van der Waals surface area contributed by atoms with Crippen LogP contribution in [0, 0.1) is 11.8 Å². The summed E-state index contributed by atoms with van der Waals surface area (Å²) in [7, 11) is 0. The van der Waals surface area contributed by atoms with Crippen LogP contribution in [0.2, 0.25) is 0 Å². The largest absolute Gasteiger partial charge is 0.346 e. The van der Waals surface area contributed by atoms with Crippen LogP contribution in [0.25, 0.3) is 0 Å². The molecule has 3 heteroatoms. The Bertz CT molecular complexity index is 100. The van der Waals surface area contributed by atoms with Gasteiger partial charge in [-0.3, -0.25) is 0 Å². The number of aliphatic hydroxyl groups is 2. The predicted octanol–water partition coefficient (Wildman–Crippen LogP) is 1.34. The van der Waals surface area contributed by atoms with Crippen LogP contribution >= 0.6 is 0 Å². The van der Waals surface area contributed by atoms with Crippen LogP contribution in [0.15, 0.2) is 0 Å². The SMILES string of the molecule is CC(C)CC(OC(O)O)C(C)C. The van der Waals surface area contributed by atoms with Crippen LogP contribution in [-0.4, -0.2) is 22.8 Å². The maximum atomic E-state index is 8.62. The fourth-order valence-electron chi connectivity index (χ4n) is 1.11. The maximum absolute atomic E-state index is 8.62. The first-order valence-electron chi connectivity index (χ1n) is 4.45. The lowest BCUT2D eigenvalue weighted by Crippen LogP contribution is -2.27. The summed E-state index contributed by atoms with van der Waals surface area (Å²) in [5.74, 6) is 0.824. The molecule has 74 valence electrons. The van der Waals surface area contributed by atoms with Gasteiger partial charge in [0.1, 0.15) is 0 Å². The molecule has 0 aromatic carbocycles. The first-order chi connectivity index (χ1) is 5.43. The minimum atomic E-state index is -1.64. The molecule has 0 saturated carbocycles. The molecule has 1 unspecified atom stereocenters. The van der Waals surface area contributed by atoms with Crippen molar-refractivity contribution in [1.29, 1.82) is 0 Å². The predicted molar refractivity (Wildman–Crippen MR) is 47.4 cm³/mol. The molecule has 0 amide bonds. The maximum Gasteiger partial charge on any atom is 0.266 e. The molecule has 0 fully saturated rings. The lowest BCUT2D eigenvalue weighted by atomic mass is 9.97. The highest BCUT2D eigenvalue weighted by molar-refractivity contribution is 4.64. The minimum absolute atomic E-state index is 0.0648. The molecule has 0 aromatic rings.